The number of hydrogen-bond acceptors (Lipinski definition) is 4. The van der Waals surface area contributed by atoms with Gasteiger partial charge in [0.25, 0.3) is 0 Å². The van der Waals surface area contributed by atoms with Crippen molar-refractivity contribution >= 4 is 39.8 Å². The molecule has 1 unspecified atom stereocenters. The lowest BCUT2D eigenvalue weighted by molar-refractivity contribution is 0.0778. The summed E-state index contributed by atoms with van der Waals surface area (Å²) in [4.78, 5) is 5.16. The van der Waals surface area contributed by atoms with Crippen molar-refractivity contribution in [3.63, 3.8) is 0 Å². The summed E-state index contributed by atoms with van der Waals surface area (Å²) in [6.45, 7) is 6.25. The molecule has 0 bridgehead atoms. The SMILES string of the molecule is CCNC(=NCC1(CCOC)CCC1)NC(CC)CS(=O)(=O)c1ccccc1.I. The Morgan fingerprint density at radius 2 is 1.93 bits per heavy atom. The van der Waals surface area contributed by atoms with Gasteiger partial charge in [0.05, 0.1) is 10.6 Å². The van der Waals surface area contributed by atoms with Crippen LogP contribution in [0.1, 0.15) is 46.0 Å². The van der Waals surface area contributed by atoms with E-state index in [-0.39, 0.29) is 41.2 Å². The van der Waals surface area contributed by atoms with E-state index >= 15 is 0 Å². The second kappa shape index (κ2) is 12.7. The maximum absolute atomic E-state index is 12.7. The fourth-order valence-corrected chi connectivity index (χ4v) is 5.11. The maximum Gasteiger partial charge on any atom is 0.191 e. The van der Waals surface area contributed by atoms with Crippen LogP contribution in [0.15, 0.2) is 40.2 Å². The van der Waals surface area contributed by atoms with Crippen LogP contribution in [-0.4, -0.2) is 53.0 Å². The van der Waals surface area contributed by atoms with Crippen molar-refractivity contribution in [2.75, 3.05) is 32.6 Å². The number of sulfone groups is 1. The molecule has 8 heteroatoms. The molecule has 1 saturated carbocycles. The van der Waals surface area contributed by atoms with Crippen LogP contribution >= 0.6 is 24.0 Å². The second-order valence-corrected chi connectivity index (χ2v) is 9.67. The molecular formula is C21H36IN3O3S. The maximum atomic E-state index is 12.7. The Bertz CT molecular complexity index is 722. The Kier molecular flexibility index (Phi) is 11.5. The summed E-state index contributed by atoms with van der Waals surface area (Å²) in [6.07, 6.45) is 5.32. The molecule has 0 aromatic heterocycles. The van der Waals surface area contributed by atoms with Gasteiger partial charge in [0, 0.05) is 32.8 Å². The summed E-state index contributed by atoms with van der Waals surface area (Å²) >= 11 is 0. The summed E-state index contributed by atoms with van der Waals surface area (Å²) < 4.78 is 30.7. The molecule has 1 aliphatic carbocycles. The molecule has 1 aromatic rings. The quantitative estimate of drug-likeness (QED) is 0.256. The van der Waals surface area contributed by atoms with Crippen molar-refractivity contribution < 1.29 is 13.2 Å². The number of nitrogens with one attached hydrogen (secondary N) is 2. The van der Waals surface area contributed by atoms with Gasteiger partial charge in [-0.2, -0.15) is 0 Å². The molecule has 2 N–H and O–H groups in total. The molecule has 1 fully saturated rings. The first-order valence-electron chi connectivity index (χ1n) is 10.3. The Morgan fingerprint density at radius 3 is 2.45 bits per heavy atom. The van der Waals surface area contributed by atoms with Crippen LogP contribution in [0.3, 0.4) is 0 Å². The average Bonchev–Trinajstić information content (AvgIpc) is 2.67. The molecule has 0 aliphatic heterocycles. The highest BCUT2D eigenvalue weighted by molar-refractivity contribution is 14.0. The third-order valence-corrected chi connectivity index (χ3v) is 7.36. The second-order valence-electron chi connectivity index (χ2n) is 7.64. The van der Waals surface area contributed by atoms with E-state index in [0.717, 1.165) is 26.1 Å². The van der Waals surface area contributed by atoms with Crippen LogP contribution in [-0.2, 0) is 14.6 Å². The number of aliphatic imine (C=N–C) groups is 1. The standard InChI is InChI=1S/C21H35N3O3S.HI/c1-4-18(16-28(25,26)19-10-7-6-8-11-19)24-20(22-5-2)23-17-21(12-9-13-21)14-15-27-3;/h6-8,10-11,18H,4-5,9,12-17H2,1-3H3,(H2,22,23,24);1H. The molecule has 0 radical (unpaired) electrons. The molecule has 1 aliphatic rings. The number of halogens is 1. The zero-order valence-electron chi connectivity index (χ0n) is 17.8. The average molecular weight is 538 g/mol. The molecule has 0 saturated heterocycles. The molecule has 0 amide bonds. The summed E-state index contributed by atoms with van der Waals surface area (Å²) in [5.41, 5.74) is 0.232. The van der Waals surface area contributed by atoms with Crippen molar-refractivity contribution in [2.45, 2.75) is 56.9 Å². The minimum atomic E-state index is -3.34. The predicted molar refractivity (Wildman–Crippen MR) is 130 cm³/mol. The third kappa shape index (κ3) is 8.05. The van der Waals surface area contributed by atoms with Crippen LogP contribution in [0.5, 0.6) is 0 Å². The normalized spacial score (nSPS) is 17.0. The minimum absolute atomic E-state index is 0. The number of ether oxygens (including phenoxy) is 1. The van der Waals surface area contributed by atoms with Gasteiger partial charge < -0.3 is 15.4 Å². The van der Waals surface area contributed by atoms with E-state index in [1.165, 1.54) is 19.3 Å². The minimum Gasteiger partial charge on any atom is -0.385 e. The summed E-state index contributed by atoms with van der Waals surface area (Å²) in [5, 5.41) is 6.60. The molecule has 166 valence electrons. The summed E-state index contributed by atoms with van der Waals surface area (Å²) in [5.74, 6) is 0.744. The fraction of sp³-hybridized carbons (Fsp3) is 0.667. The van der Waals surface area contributed by atoms with Crippen molar-refractivity contribution in [2.24, 2.45) is 10.4 Å². The summed E-state index contributed by atoms with van der Waals surface area (Å²) in [6, 6.07) is 8.44. The van der Waals surface area contributed by atoms with E-state index in [2.05, 4.69) is 10.6 Å². The molecule has 0 spiro atoms. The van der Waals surface area contributed by atoms with E-state index in [4.69, 9.17) is 9.73 Å². The number of hydrogen-bond donors (Lipinski definition) is 2. The molecule has 2 rings (SSSR count). The van der Waals surface area contributed by atoms with Crippen molar-refractivity contribution in [1.82, 2.24) is 10.6 Å². The van der Waals surface area contributed by atoms with E-state index in [0.29, 0.717) is 17.3 Å². The van der Waals surface area contributed by atoms with Gasteiger partial charge in [0.2, 0.25) is 0 Å². The number of rotatable bonds is 11. The van der Waals surface area contributed by atoms with Crippen LogP contribution < -0.4 is 10.6 Å². The van der Waals surface area contributed by atoms with E-state index in [1.807, 2.05) is 19.9 Å². The van der Waals surface area contributed by atoms with Crippen molar-refractivity contribution in [3.05, 3.63) is 30.3 Å². The zero-order chi connectivity index (χ0) is 20.5. The lowest BCUT2D eigenvalue weighted by Gasteiger charge is -2.41. The smallest absolute Gasteiger partial charge is 0.191 e. The molecule has 6 nitrogen and oxygen atoms in total. The van der Waals surface area contributed by atoms with Gasteiger partial charge in [-0.25, -0.2) is 8.42 Å². The first-order chi connectivity index (χ1) is 13.4. The monoisotopic (exact) mass is 537 g/mol. The van der Waals surface area contributed by atoms with Gasteiger partial charge in [0.1, 0.15) is 0 Å². The predicted octanol–water partition coefficient (Wildman–Crippen LogP) is 3.62. The first kappa shape index (κ1) is 26.2. The zero-order valence-corrected chi connectivity index (χ0v) is 21.0. The lowest BCUT2D eigenvalue weighted by Crippen LogP contribution is -2.47. The molecule has 29 heavy (non-hydrogen) atoms. The van der Waals surface area contributed by atoms with Gasteiger partial charge in [-0.3, -0.25) is 4.99 Å². The van der Waals surface area contributed by atoms with E-state index in [1.54, 1.807) is 31.4 Å². The highest BCUT2D eigenvalue weighted by Crippen LogP contribution is 2.44. The number of benzene rings is 1. The van der Waals surface area contributed by atoms with Gasteiger partial charge in [0.15, 0.2) is 15.8 Å². The Balaban J connectivity index is 0.00000420. The van der Waals surface area contributed by atoms with E-state index < -0.39 is 9.84 Å². The van der Waals surface area contributed by atoms with Crippen LogP contribution in [0.25, 0.3) is 0 Å². The fourth-order valence-electron chi connectivity index (χ4n) is 3.49. The van der Waals surface area contributed by atoms with Crippen molar-refractivity contribution in [3.8, 4) is 0 Å². The molecular weight excluding hydrogens is 501 g/mol. The number of guanidine groups is 1. The van der Waals surface area contributed by atoms with Gasteiger partial charge in [-0.1, -0.05) is 31.5 Å². The highest BCUT2D eigenvalue weighted by atomic mass is 127. The van der Waals surface area contributed by atoms with Crippen LogP contribution in [0.2, 0.25) is 0 Å². The lowest BCUT2D eigenvalue weighted by atomic mass is 9.67. The van der Waals surface area contributed by atoms with Crippen LogP contribution in [0.4, 0.5) is 0 Å². The number of methoxy groups -OCH3 is 1. The molecule has 1 atom stereocenters. The Hall–Kier alpha value is -0.870. The molecule has 1 aromatic carbocycles. The third-order valence-electron chi connectivity index (χ3n) is 5.52. The topological polar surface area (TPSA) is 79.8 Å². The summed E-state index contributed by atoms with van der Waals surface area (Å²) in [7, 11) is -1.61. The van der Waals surface area contributed by atoms with Crippen molar-refractivity contribution in [1.29, 1.82) is 0 Å². The van der Waals surface area contributed by atoms with Gasteiger partial charge in [-0.15, -0.1) is 24.0 Å². The van der Waals surface area contributed by atoms with Crippen LogP contribution in [0, 0.1) is 5.41 Å². The van der Waals surface area contributed by atoms with Gasteiger partial charge >= 0.3 is 0 Å². The first-order valence-corrected chi connectivity index (χ1v) is 11.9. The Labute approximate surface area is 193 Å². The largest absolute Gasteiger partial charge is 0.385 e. The van der Waals surface area contributed by atoms with Gasteiger partial charge in [-0.05, 0) is 50.2 Å². The highest BCUT2D eigenvalue weighted by Gasteiger charge is 2.36. The van der Waals surface area contributed by atoms with E-state index in [9.17, 15) is 8.42 Å². The molecule has 0 heterocycles. The Morgan fingerprint density at radius 1 is 1.24 bits per heavy atom. The number of nitrogens with zero attached hydrogens (tertiary/aromatic N) is 1.